The van der Waals surface area contributed by atoms with E-state index < -0.39 is 0 Å². The molecular formula is C17H26ClN3O2. The Morgan fingerprint density at radius 2 is 1.83 bits per heavy atom. The Labute approximate surface area is 144 Å². The molecule has 1 aromatic carbocycles. The standard InChI is InChI=1S/C17H25N3O2.ClH/c1-12-3-5-14(6-4-12)16(19-13(2)21)11-17(22)20-15-7-9-18-10-8-15;/h3-6,15-16,18H,7-11H2,1-2H3,(H,19,21)(H,20,22);1H. The van der Waals surface area contributed by atoms with Gasteiger partial charge in [-0.25, -0.2) is 0 Å². The lowest BCUT2D eigenvalue weighted by atomic mass is 10.0. The minimum atomic E-state index is -0.278. The molecule has 0 bridgehead atoms. The fraction of sp³-hybridized carbons (Fsp3) is 0.529. The van der Waals surface area contributed by atoms with Crippen molar-refractivity contribution >= 4 is 24.2 Å². The van der Waals surface area contributed by atoms with Crippen molar-refractivity contribution < 1.29 is 9.59 Å². The summed E-state index contributed by atoms with van der Waals surface area (Å²) in [6.45, 7) is 5.38. The predicted molar refractivity (Wildman–Crippen MR) is 93.6 cm³/mol. The van der Waals surface area contributed by atoms with Crippen LogP contribution in [0, 0.1) is 6.92 Å². The van der Waals surface area contributed by atoms with E-state index in [4.69, 9.17) is 0 Å². The number of hydrogen-bond donors (Lipinski definition) is 3. The number of rotatable bonds is 5. The second kappa shape index (κ2) is 9.53. The van der Waals surface area contributed by atoms with Gasteiger partial charge >= 0.3 is 0 Å². The van der Waals surface area contributed by atoms with Gasteiger partial charge in [0, 0.05) is 13.0 Å². The smallest absolute Gasteiger partial charge is 0.222 e. The molecule has 23 heavy (non-hydrogen) atoms. The van der Waals surface area contributed by atoms with E-state index in [-0.39, 0.29) is 42.7 Å². The van der Waals surface area contributed by atoms with Crippen molar-refractivity contribution in [3.8, 4) is 0 Å². The van der Waals surface area contributed by atoms with Crippen LogP contribution in [0.25, 0.3) is 0 Å². The van der Waals surface area contributed by atoms with Crippen LogP contribution in [-0.2, 0) is 9.59 Å². The van der Waals surface area contributed by atoms with E-state index in [2.05, 4.69) is 16.0 Å². The predicted octanol–water partition coefficient (Wildman–Crippen LogP) is 1.85. The van der Waals surface area contributed by atoms with E-state index in [1.54, 1.807) is 0 Å². The van der Waals surface area contributed by atoms with Crippen LogP contribution in [0.15, 0.2) is 24.3 Å². The van der Waals surface area contributed by atoms with Crippen LogP contribution >= 0.6 is 12.4 Å². The van der Waals surface area contributed by atoms with Gasteiger partial charge in [0.15, 0.2) is 0 Å². The first-order valence-electron chi connectivity index (χ1n) is 7.88. The summed E-state index contributed by atoms with van der Waals surface area (Å²) in [5.41, 5.74) is 2.12. The van der Waals surface area contributed by atoms with Gasteiger partial charge in [-0.1, -0.05) is 29.8 Å². The van der Waals surface area contributed by atoms with E-state index in [1.807, 2.05) is 31.2 Å². The van der Waals surface area contributed by atoms with Gasteiger partial charge in [0.25, 0.3) is 0 Å². The Morgan fingerprint density at radius 3 is 2.39 bits per heavy atom. The summed E-state index contributed by atoms with van der Waals surface area (Å²) in [6, 6.07) is 7.88. The molecule has 2 amide bonds. The average molecular weight is 340 g/mol. The van der Waals surface area contributed by atoms with Crippen LogP contribution in [0.5, 0.6) is 0 Å². The topological polar surface area (TPSA) is 70.2 Å². The van der Waals surface area contributed by atoms with E-state index in [1.165, 1.54) is 6.92 Å². The zero-order valence-electron chi connectivity index (χ0n) is 13.7. The first-order valence-corrected chi connectivity index (χ1v) is 7.88. The lowest BCUT2D eigenvalue weighted by Gasteiger charge is -2.25. The molecule has 0 spiro atoms. The van der Waals surface area contributed by atoms with Crippen molar-refractivity contribution in [3.63, 3.8) is 0 Å². The highest BCUT2D eigenvalue weighted by molar-refractivity contribution is 5.85. The van der Waals surface area contributed by atoms with Crippen LogP contribution in [0.4, 0.5) is 0 Å². The van der Waals surface area contributed by atoms with Gasteiger partial charge in [-0.05, 0) is 38.4 Å². The number of amides is 2. The molecule has 1 saturated heterocycles. The molecule has 5 nitrogen and oxygen atoms in total. The largest absolute Gasteiger partial charge is 0.353 e. The molecule has 6 heteroatoms. The van der Waals surface area contributed by atoms with Gasteiger partial charge in [-0.15, -0.1) is 12.4 Å². The number of piperidine rings is 1. The molecule has 2 rings (SSSR count). The summed E-state index contributed by atoms with van der Waals surface area (Å²) >= 11 is 0. The quantitative estimate of drug-likeness (QED) is 0.766. The van der Waals surface area contributed by atoms with Crippen molar-refractivity contribution in [1.82, 2.24) is 16.0 Å². The van der Waals surface area contributed by atoms with Crippen molar-refractivity contribution in [2.24, 2.45) is 0 Å². The number of hydrogen-bond acceptors (Lipinski definition) is 3. The summed E-state index contributed by atoms with van der Waals surface area (Å²) in [4.78, 5) is 23.7. The maximum Gasteiger partial charge on any atom is 0.222 e. The summed E-state index contributed by atoms with van der Waals surface area (Å²) in [5.74, 6) is -0.133. The molecule has 1 aliphatic rings. The Balaban J connectivity index is 0.00000264. The normalized spacial score (nSPS) is 16.1. The molecule has 1 aromatic rings. The first-order chi connectivity index (χ1) is 10.5. The fourth-order valence-corrected chi connectivity index (χ4v) is 2.73. The van der Waals surface area contributed by atoms with Crippen LogP contribution in [-0.4, -0.2) is 30.9 Å². The number of carbonyl (C=O) groups excluding carboxylic acids is 2. The highest BCUT2D eigenvalue weighted by Crippen LogP contribution is 2.18. The number of nitrogens with one attached hydrogen (secondary N) is 3. The molecule has 1 aliphatic heterocycles. The number of benzene rings is 1. The fourth-order valence-electron chi connectivity index (χ4n) is 2.73. The van der Waals surface area contributed by atoms with Crippen LogP contribution < -0.4 is 16.0 Å². The van der Waals surface area contributed by atoms with E-state index in [0.717, 1.165) is 37.1 Å². The van der Waals surface area contributed by atoms with Crippen LogP contribution in [0.2, 0.25) is 0 Å². The number of carbonyl (C=O) groups is 2. The maximum atomic E-state index is 12.3. The van der Waals surface area contributed by atoms with Gasteiger partial charge < -0.3 is 16.0 Å². The average Bonchev–Trinajstić information content (AvgIpc) is 2.48. The third-order valence-electron chi connectivity index (χ3n) is 3.95. The molecule has 3 N–H and O–H groups in total. The van der Waals surface area contributed by atoms with Gasteiger partial charge in [-0.3, -0.25) is 9.59 Å². The van der Waals surface area contributed by atoms with Gasteiger partial charge in [-0.2, -0.15) is 0 Å². The van der Waals surface area contributed by atoms with Gasteiger partial charge in [0.2, 0.25) is 11.8 Å². The lowest BCUT2D eigenvalue weighted by molar-refractivity contribution is -0.123. The highest BCUT2D eigenvalue weighted by Gasteiger charge is 2.20. The molecule has 0 aliphatic carbocycles. The molecule has 1 heterocycles. The monoisotopic (exact) mass is 339 g/mol. The summed E-state index contributed by atoms with van der Waals surface area (Å²) in [6.07, 6.45) is 2.19. The maximum absolute atomic E-state index is 12.3. The molecule has 1 fully saturated rings. The SMILES string of the molecule is CC(=O)NC(CC(=O)NC1CCNCC1)c1ccc(C)cc1.Cl. The zero-order chi connectivity index (χ0) is 15.9. The minimum absolute atomic E-state index is 0. The third kappa shape index (κ3) is 6.59. The van der Waals surface area contributed by atoms with E-state index in [0.29, 0.717) is 0 Å². The van der Waals surface area contributed by atoms with Crippen LogP contribution in [0.1, 0.15) is 43.4 Å². The molecular weight excluding hydrogens is 314 g/mol. The molecule has 0 radical (unpaired) electrons. The van der Waals surface area contributed by atoms with Gasteiger partial charge in [0.05, 0.1) is 12.5 Å². The third-order valence-corrected chi connectivity index (χ3v) is 3.95. The summed E-state index contributed by atoms with van der Waals surface area (Å²) < 4.78 is 0. The first kappa shape index (κ1) is 19.5. The van der Waals surface area contributed by atoms with Crippen molar-refractivity contribution in [2.75, 3.05) is 13.1 Å². The van der Waals surface area contributed by atoms with Crippen molar-refractivity contribution in [3.05, 3.63) is 35.4 Å². The van der Waals surface area contributed by atoms with Crippen molar-refractivity contribution in [1.29, 1.82) is 0 Å². The van der Waals surface area contributed by atoms with Crippen molar-refractivity contribution in [2.45, 2.75) is 45.2 Å². The minimum Gasteiger partial charge on any atom is -0.353 e. The second-order valence-electron chi connectivity index (χ2n) is 5.96. The van der Waals surface area contributed by atoms with Gasteiger partial charge in [0.1, 0.15) is 0 Å². The number of aryl methyl sites for hydroxylation is 1. The highest BCUT2D eigenvalue weighted by atomic mass is 35.5. The van der Waals surface area contributed by atoms with E-state index in [9.17, 15) is 9.59 Å². The molecule has 128 valence electrons. The Hall–Kier alpha value is -1.59. The summed E-state index contributed by atoms with van der Waals surface area (Å²) in [5, 5.41) is 9.22. The Kier molecular flexibility index (Phi) is 8.06. The Bertz CT molecular complexity index is 513. The Morgan fingerprint density at radius 1 is 1.22 bits per heavy atom. The summed E-state index contributed by atoms with van der Waals surface area (Å²) in [7, 11) is 0. The zero-order valence-corrected chi connectivity index (χ0v) is 14.5. The molecule has 0 saturated carbocycles. The lowest BCUT2D eigenvalue weighted by Crippen LogP contribution is -2.43. The molecule has 0 aromatic heterocycles. The molecule has 1 unspecified atom stereocenters. The second-order valence-corrected chi connectivity index (χ2v) is 5.96. The van der Waals surface area contributed by atoms with Crippen LogP contribution in [0.3, 0.4) is 0 Å². The molecule has 1 atom stereocenters. The number of halogens is 1. The van der Waals surface area contributed by atoms with E-state index >= 15 is 0 Å².